The molecule has 0 unspecified atom stereocenters. The molecule has 0 spiro atoms. The van der Waals surface area contributed by atoms with E-state index in [2.05, 4.69) is 65.9 Å². The summed E-state index contributed by atoms with van der Waals surface area (Å²) in [6.07, 6.45) is 8.21. The van der Waals surface area contributed by atoms with Crippen LogP contribution >= 0.6 is 0 Å². The zero-order valence-corrected chi connectivity index (χ0v) is 12.0. The molecule has 2 nitrogen and oxygen atoms in total. The molecule has 0 aliphatic carbocycles. The average molecular weight is 252 g/mol. The summed E-state index contributed by atoms with van der Waals surface area (Å²) in [7, 11) is 0. The lowest BCUT2D eigenvalue weighted by Crippen LogP contribution is -1.96. The van der Waals surface area contributed by atoms with Crippen molar-refractivity contribution >= 4 is 5.57 Å². The van der Waals surface area contributed by atoms with Gasteiger partial charge in [0.2, 0.25) is 0 Å². The molecule has 0 atom stereocenters. The minimum Gasteiger partial charge on any atom is -0.303 e. The molecule has 0 aliphatic heterocycles. The predicted octanol–water partition coefficient (Wildman–Crippen LogP) is 4.47. The third-order valence-electron chi connectivity index (χ3n) is 3.37. The first-order chi connectivity index (χ1) is 9.17. The van der Waals surface area contributed by atoms with E-state index in [0.717, 1.165) is 11.4 Å². The van der Waals surface area contributed by atoms with Crippen molar-refractivity contribution in [3.05, 3.63) is 65.8 Å². The Kier molecular flexibility index (Phi) is 4.00. The first-order valence-corrected chi connectivity index (χ1v) is 6.57. The highest BCUT2D eigenvalue weighted by molar-refractivity contribution is 5.74. The summed E-state index contributed by atoms with van der Waals surface area (Å²) >= 11 is 0. The molecule has 1 aromatic heterocycles. The molecule has 0 saturated heterocycles. The summed E-state index contributed by atoms with van der Waals surface area (Å²) < 4.78 is 2.13. The maximum absolute atomic E-state index is 4.36. The Bertz CT molecular complexity index is 630. The van der Waals surface area contributed by atoms with Gasteiger partial charge in [-0.1, -0.05) is 30.4 Å². The van der Waals surface area contributed by atoms with Crippen LogP contribution in [0.4, 0.5) is 0 Å². The van der Waals surface area contributed by atoms with Gasteiger partial charge < -0.3 is 4.57 Å². The van der Waals surface area contributed by atoms with Gasteiger partial charge in [-0.2, -0.15) is 0 Å². The second-order valence-electron chi connectivity index (χ2n) is 4.58. The number of hydrogen-bond donors (Lipinski definition) is 0. The average Bonchev–Trinajstić information content (AvgIpc) is 2.76. The number of allylic oxidation sites excluding steroid dienone is 4. The molecule has 1 aromatic carbocycles. The van der Waals surface area contributed by atoms with Gasteiger partial charge >= 0.3 is 0 Å². The third kappa shape index (κ3) is 2.68. The van der Waals surface area contributed by atoms with Gasteiger partial charge in [-0.05, 0) is 51.0 Å². The third-order valence-corrected chi connectivity index (χ3v) is 3.37. The van der Waals surface area contributed by atoms with Crippen molar-refractivity contribution in [2.75, 3.05) is 0 Å². The summed E-state index contributed by atoms with van der Waals surface area (Å²) in [6, 6.07) is 8.54. The van der Waals surface area contributed by atoms with Crippen LogP contribution in [0.1, 0.15) is 30.8 Å². The minimum absolute atomic E-state index is 1.07. The van der Waals surface area contributed by atoms with Gasteiger partial charge in [0.15, 0.2) is 0 Å². The Labute approximate surface area is 115 Å². The molecular weight excluding hydrogens is 232 g/mol. The largest absolute Gasteiger partial charge is 0.303 e. The number of rotatable bonds is 3. The van der Waals surface area contributed by atoms with E-state index in [1.165, 1.54) is 16.8 Å². The fourth-order valence-corrected chi connectivity index (χ4v) is 2.13. The molecule has 0 radical (unpaired) electrons. The number of imidazole rings is 1. The second kappa shape index (κ2) is 5.70. The lowest BCUT2D eigenvalue weighted by atomic mass is 10.0. The molecule has 19 heavy (non-hydrogen) atoms. The van der Waals surface area contributed by atoms with Gasteiger partial charge in [0.1, 0.15) is 0 Å². The van der Waals surface area contributed by atoms with Crippen LogP contribution in [0.5, 0.6) is 0 Å². The number of aromatic nitrogens is 2. The topological polar surface area (TPSA) is 17.8 Å². The Morgan fingerprint density at radius 1 is 1.21 bits per heavy atom. The summed E-state index contributed by atoms with van der Waals surface area (Å²) in [6.45, 7) is 8.23. The van der Waals surface area contributed by atoms with Crippen molar-refractivity contribution in [1.29, 1.82) is 0 Å². The van der Waals surface area contributed by atoms with Crippen molar-refractivity contribution in [3.63, 3.8) is 0 Å². The zero-order valence-electron chi connectivity index (χ0n) is 12.0. The highest BCUT2D eigenvalue weighted by atomic mass is 15.1. The number of benzene rings is 1. The molecule has 98 valence electrons. The first-order valence-electron chi connectivity index (χ1n) is 6.57. The van der Waals surface area contributed by atoms with E-state index in [-0.39, 0.29) is 0 Å². The minimum atomic E-state index is 1.07. The summed E-state index contributed by atoms with van der Waals surface area (Å²) in [4.78, 5) is 4.36. The van der Waals surface area contributed by atoms with Crippen LogP contribution in [0, 0.1) is 13.8 Å². The lowest BCUT2D eigenvalue weighted by molar-refractivity contribution is 1.000. The van der Waals surface area contributed by atoms with Crippen LogP contribution in [-0.2, 0) is 0 Å². The van der Waals surface area contributed by atoms with E-state index in [1.807, 2.05) is 20.2 Å². The van der Waals surface area contributed by atoms with Crippen LogP contribution in [-0.4, -0.2) is 9.55 Å². The predicted molar refractivity (Wildman–Crippen MR) is 81.5 cm³/mol. The van der Waals surface area contributed by atoms with E-state index in [1.54, 1.807) is 0 Å². The fraction of sp³-hybridized carbons (Fsp3) is 0.235. The van der Waals surface area contributed by atoms with Crippen molar-refractivity contribution in [3.8, 4) is 5.69 Å². The van der Waals surface area contributed by atoms with Gasteiger partial charge in [0.05, 0.1) is 12.0 Å². The van der Waals surface area contributed by atoms with E-state index < -0.39 is 0 Å². The highest BCUT2D eigenvalue weighted by Gasteiger charge is 2.05. The van der Waals surface area contributed by atoms with Crippen molar-refractivity contribution in [2.24, 2.45) is 0 Å². The molecule has 1 heterocycles. The summed E-state index contributed by atoms with van der Waals surface area (Å²) in [5.74, 6) is 0. The molecular formula is C17H20N2. The van der Waals surface area contributed by atoms with E-state index in [0.29, 0.717) is 0 Å². The number of nitrogens with zero attached hydrogens (tertiary/aromatic N) is 2. The van der Waals surface area contributed by atoms with Crippen LogP contribution in [0.3, 0.4) is 0 Å². The van der Waals surface area contributed by atoms with Gasteiger partial charge in [-0.3, -0.25) is 0 Å². The van der Waals surface area contributed by atoms with Crippen molar-refractivity contribution < 1.29 is 0 Å². The molecule has 2 aromatic rings. The number of hydrogen-bond acceptors (Lipinski definition) is 1. The Hall–Kier alpha value is -2.09. The Morgan fingerprint density at radius 3 is 2.58 bits per heavy atom. The van der Waals surface area contributed by atoms with Gasteiger partial charge in [-0.15, -0.1) is 0 Å². The summed E-state index contributed by atoms with van der Waals surface area (Å²) in [5.41, 5.74) is 5.87. The van der Waals surface area contributed by atoms with Crippen molar-refractivity contribution in [1.82, 2.24) is 9.55 Å². The molecule has 0 saturated carbocycles. The molecule has 0 bridgehead atoms. The highest BCUT2D eigenvalue weighted by Crippen LogP contribution is 2.21. The standard InChI is InChI=1S/C17H20N2/c1-5-8-15(6-2)16-9-7-10-17(11-16)19-12-18-13(3)14(19)4/h5-12H,1-4H3. The SMILES string of the molecule is CC=CC(=CC)c1cccc(-n2cnc(C)c2C)c1. The smallest absolute Gasteiger partial charge is 0.0997 e. The molecule has 2 rings (SSSR count). The van der Waals surface area contributed by atoms with Gasteiger partial charge in [0, 0.05) is 11.4 Å². The lowest BCUT2D eigenvalue weighted by Gasteiger charge is -2.09. The Morgan fingerprint density at radius 2 is 2.00 bits per heavy atom. The van der Waals surface area contributed by atoms with Crippen LogP contribution < -0.4 is 0 Å². The quantitative estimate of drug-likeness (QED) is 0.737. The summed E-state index contributed by atoms with van der Waals surface area (Å²) in [5, 5.41) is 0. The Balaban J connectivity index is 2.48. The zero-order chi connectivity index (χ0) is 13.8. The second-order valence-corrected chi connectivity index (χ2v) is 4.58. The van der Waals surface area contributed by atoms with Crippen molar-refractivity contribution in [2.45, 2.75) is 27.7 Å². The van der Waals surface area contributed by atoms with Gasteiger partial charge in [-0.25, -0.2) is 4.98 Å². The molecule has 0 aliphatic rings. The maximum atomic E-state index is 4.36. The normalized spacial score (nSPS) is 12.3. The van der Waals surface area contributed by atoms with E-state index in [9.17, 15) is 0 Å². The van der Waals surface area contributed by atoms with Gasteiger partial charge in [0.25, 0.3) is 0 Å². The van der Waals surface area contributed by atoms with Crippen LogP contribution in [0.25, 0.3) is 11.3 Å². The fourth-order valence-electron chi connectivity index (χ4n) is 2.13. The van der Waals surface area contributed by atoms with Crippen LogP contribution in [0.15, 0.2) is 48.8 Å². The van der Waals surface area contributed by atoms with E-state index in [4.69, 9.17) is 0 Å². The molecule has 0 N–H and O–H groups in total. The molecule has 0 amide bonds. The first kappa shape index (κ1) is 13.3. The molecule has 0 fully saturated rings. The monoisotopic (exact) mass is 252 g/mol. The van der Waals surface area contributed by atoms with E-state index >= 15 is 0 Å². The maximum Gasteiger partial charge on any atom is 0.0997 e. The van der Waals surface area contributed by atoms with Crippen LogP contribution in [0.2, 0.25) is 0 Å². The molecule has 2 heteroatoms. The number of aryl methyl sites for hydroxylation is 1.